The number of benzene rings is 4. The monoisotopic (exact) mass is 465 g/mol. The molecule has 1 saturated heterocycles. The number of nitrogens with zero attached hydrogens (tertiary/aromatic N) is 1. The van der Waals surface area contributed by atoms with Crippen molar-refractivity contribution in [3.63, 3.8) is 0 Å². The lowest BCUT2D eigenvalue weighted by molar-refractivity contribution is -0.135. The number of amides is 1. The second-order valence-electron chi connectivity index (χ2n) is 8.53. The zero-order chi connectivity index (χ0) is 24.0. The number of aryl methyl sites for hydroxylation is 1. The van der Waals surface area contributed by atoms with Crippen molar-refractivity contribution in [3.8, 4) is 17.2 Å². The van der Waals surface area contributed by atoms with Gasteiger partial charge in [0.05, 0.1) is 6.61 Å². The molecule has 0 unspecified atom stereocenters. The molecule has 5 rings (SSSR count). The maximum absolute atomic E-state index is 13.2. The van der Waals surface area contributed by atoms with E-state index in [2.05, 4.69) is 0 Å². The van der Waals surface area contributed by atoms with Gasteiger partial charge in [0.25, 0.3) is 5.91 Å². The predicted molar refractivity (Wildman–Crippen MR) is 136 cm³/mol. The summed E-state index contributed by atoms with van der Waals surface area (Å²) in [6.45, 7) is 0.586. The van der Waals surface area contributed by atoms with Gasteiger partial charge in [-0.1, -0.05) is 60.7 Å². The Morgan fingerprint density at radius 2 is 1.40 bits per heavy atom. The standard InChI is InChI=1S/C30H27NO4/c32-25-17-13-22(14-18-25)8-7-21-34-26-19-15-24(16-20-26)31-28(23-9-3-1-4-10-23)29(30(31)33)35-27-11-5-2-6-12-27/h1-6,9-20,28-29,32H,7-8,21H2/t28-,29-/m0/s1. The van der Waals surface area contributed by atoms with Crippen LogP contribution in [0.1, 0.15) is 23.6 Å². The van der Waals surface area contributed by atoms with Gasteiger partial charge in [-0.15, -0.1) is 0 Å². The molecule has 2 atom stereocenters. The van der Waals surface area contributed by atoms with E-state index in [-0.39, 0.29) is 17.7 Å². The largest absolute Gasteiger partial charge is 0.508 e. The van der Waals surface area contributed by atoms with Gasteiger partial charge in [0.1, 0.15) is 23.3 Å². The van der Waals surface area contributed by atoms with Crippen LogP contribution in [0.2, 0.25) is 0 Å². The summed E-state index contributed by atoms with van der Waals surface area (Å²) in [7, 11) is 0. The third-order valence-corrected chi connectivity index (χ3v) is 6.12. The molecule has 4 aromatic carbocycles. The number of phenols is 1. The topological polar surface area (TPSA) is 59.0 Å². The smallest absolute Gasteiger partial charge is 0.271 e. The van der Waals surface area contributed by atoms with Crippen molar-refractivity contribution in [2.45, 2.75) is 25.0 Å². The molecule has 0 aromatic heterocycles. The number of phenolic OH excluding ortho intramolecular Hbond substituents is 1. The van der Waals surface area contributed by atoms with Gasteiger partial charge in [-0.2, -0.15) is 0 Å². The number of hydrogen-bond donors (Lipinski definition) is 1. The lowest BCUT2D eigenvalue weighted by Gasteiger charge is -2.46. The molecule has 1 fully saturated rings. The van der Waals surface area contributed by atoms with E-state index in [1.807, 2.05) is 97.1 Å². The molecule has 5 nitrogen and oxygen atoms in total. The van der Waals surface area contributed by atoms with Crippen LogP contribution in [0.15, 0.2) is 109 Å². The number of carbonyl (C=O) groups excluding carboxylic acids is 1. The molecule has 1 amide bonds. The first kappa shape index (κ1) is 22.5. The van der Waals surface area contributed by atoms with Crippen molar-refractivity contribution in [3.05, 3.63) is 120 Å². The van der Waals surface area contributed by atoms with E-state index in [0.717, 1.165) is 35.4 Å². The summed E-state index contributed by atoms with van der Waals surface area (Å²) in [5, 5.41) is 9.38. The minimum atomic E-state index is -0.573. The number of aromatic hydroxyl groups is 1. The van der Waals surface area contributed by atoms with Crippen molar-refractivity contribution < 1.29 is 19.4 Å². The lowest BCUT2D eigenvalue weighted by atomic mass is 9.89. The van der Waals surface area contributed by atoms with Gasteiger partial charge in [0.2, 0.25) is 6.10 Å². The number of ether oxygens (including phenoxy) is 2. The quantitative estimate of drug-likeness (QED) is 0.246. The number of β-lactam (4-membered cyclic amide) rings is 1. The van der Waals surface area contributed by atoms with Crippen LogP contribution in [0.5, 0.6) is 17.2 Å². The van der Waals surface area contributed by atoms with Gasteiger partial charge >= 0.3 is 0 Å². The van der Waals surface area contributed by atoms with E-state index in [1.165, 1.54) is 0 Å². The Balaban J connectivity index is 1.24. The van der Waals surface area contributed by atoms with Crippen LogP contribution in [-0.4, -0.2) is 23.7 Å². The van der Waals surface area contributed by atoms with Gasteiger partial charge in [-0.05, 0) is 72.5 Å². The normalized spacial score (nSPS) is 17.0. The summed E-state index contributed by atoms with van der Waals surface area (Å²) in [4.78, 5) is 14.9. The Bertz CT molecular complexity index is 1240. The van der Waals surface area contributed by atoms with Crippen LogP contribution >= 0.6 is 0 Å². The summed E-state index contributed by atoms with van der Waals surface area (Å²) in [6, 6.07) is 34.1. The fourth-order valence-electron chi connectivity index (χ4n) is 4.32. The molecule has 0 spiro atoms. The van der Waals surface area contributed by atoms with Crippen molar-refractivity contribution in [1.82, 2.24) is 0 Å². The molecular formula is C30H27NO4. The summed E-state index contributed by atoms with van der Waals surface area (Å²) >= 11 is 0. The molecule has 35 heavy (non-hydrogen) atoms. The molecule has 4 aromatic rings. The van der Waals surface area contributed by atoms with E-state index in [9.17, 15) is 9.90 Å². The average molecular weight is 466 g/mol. The molecule has 1 aliphatic rings. The zero-order valence-electron chi connectivity index (χ0n) is 19.3. The van der Waals surface area contributed by atoms with Crippen molar-refractivity contribution in [2.75, 3.05) is 11.5 Å². The molecule has 5 heteroatoms. The SMILES string of the molecule is O=C1[C@@H](Oc2ccccc2)[C@H](c2ccccc2)N1c1ccc(OCCCc2ccc(O)cc2)cc1. The van der Waals surface area contributed by atoms with Gasteiger partial charge in [0, 0.05) is 5.69 Å². The first-order valence-electron chi connectivity index (χ1n) is 11.8. The Morgan fingerprint density at radius 1 is 0.743 bits per heavy atom. The summed E-state index contributed by atoms with van der Waals surface area (Å²) < 4.78 is 12.0. The van der Waals surface area contributed by atoms with Crippen LogP contribution in [0.3, 0.4) is 0 Å². The molecular weight excluding hydrogens is 438 g/mol. The Morgan fingerprint density at radius 3 is 2.09 bits per heavy atom. The molecule has 0 radical (unpaired) electrons. The Kier molecular flexibility index (Phi) is 6.66. The molecule has 0 bridgehead atoms. The second-order valence-corrected chi connectivity index (χ2v) is 8.53. The van der Waals surface area contributed by atoms with Gasteiger partial charge < -0.3 is 14.6 Å². The van der Waals surface area contributed by atoms with E-state index >= 15 is 0 Å². The second kappa shape index (κ2) is 10.3. The number of hydrogen-bond acceptors (Lipinski definition) is 4. The van der Waals surface area contributed by atoms with Crippen molar-refractivity contribution >= 4 is 11.6 Å². The average Bonchev–Trinajstić information content (AvgIpc) is 2.91. The number of anilines is 1. The minimum absolute atomic E-state index is 0.0646. The highest BCUT2D eigenvalue weighted by atomic mass is 16.5. The highest BCUT2D eigenvalue weighted by molar-refractivity contribution is 6.05. The van der Waals surface area contributed by atoms with Crippen LogP contribution in [-0.2, 0) is 11.2 Å². The number of rotatable bonds is 9. The molecule has 176 valence electrons. The van der Waals surface area contributed by atoms with Crippen LogP contribution in [0.25, 0.3) is 0 Å². The first-order chi connectivity index (χ1) is 17.2. The predicted octanol–water partition coefficient (Wildman–Crippen LogP) is 5.94. The van der Waals surface area contributed by atoms with Gasteiger partial charge in [-0.3, -0.25) is 9.69 Å². The highest BCUT2D eigenvalue weighted by Crippen LogP contribution is 2.41. The van der Waals surface area contributed by atoms with Gasteiger partial charge in [0.15, 0.2) is 0 Å². The summed E-state index contributed by atoms with van der Waals surface area (Å²) in [6.07, 6.45) is 1.17. The minimum Gasteiger partial charge on any atom is -0.508 e. The molecule has 0 aliphatic carbocycles. The third-order valence-electron chi connectivity index (χ3n) is 6.12. The summed E-state index contributed by atoms with van der Waals surface area (Å²) in [5.41, 5.74) is 3.01. The Labute approximate surface area is 205 Å². The van der Waals surface area contributed by atoms with Crippen LogP contribution < -0.4 is 14.4 Å². The van der Waals surface area contributed by atoms with Crippen LogP contribution in [0.4, 0.5) is 5.69 Å². The maximum Gasteiger partial charge on any atom is 0.271 e. The fourth-order valence-corrected chi connectivity index (χ4v) is 4.32. The lowest BCUT2D eigenvalue weighted by Crippen LogP contribution is -2.61. The number of para-hydroxylation sites is 1. The molecule has 0 saturated carbocycles. The third kappa shape index (κ3) is 5.14. The molecule has 1 N–H and O–H groups in total. The van der Waals surface area contributed by atoms with Crippen molar-refractivity contribution in [2.24, 2.45) is 0 Å². The van der Waals surface area contributed by atoms with Gasteiger partial charge in [-0.25, -0.2) is 0 Å². The number of carbonyl (C=O) groups is 1. The molecule has 1 aliphatic heterocycles. The Hall–Kier alpha value is -4.25. The maximum atomic E-state index is 13.2. The fraction of sp³-hybridized carbons (Fsp3) is 0.167. The summed E-state index contributed by atoms with van der Waals surface area (Å²) in [5.74, 6) is 1.66. The first-order valence-corrected chi connectivity index (χ1v) is 11.8. The van der Waals surface area contributed by atoms with E-state index in [0.29, 0.717) is 12.4 Å². The van der Waals surface area contributed by atoms with E-state index in [4.69, 9.17) is 9.47 Å². The molecule has 1 heterocycles. The van der Waals surface area contributed by atoms with Crippen molar-refractivity contribution in [1.29, 1.82) is 0 Å². The van der Waals surface area contributed by atoms with E-state index < -0.39 is 6.10 Å². The highest BCUT2D eigenvalue weighted by Gasteiger charge is 2.51. The van der Waals surface area contributed by atoms with E-state index in [1.54, 1.807) is 17.0 Å². The van der Waals surface area contributed by atoms with Crippen LogP contribution in [0, 0.1) is 0 Å². The zero-order valence-corrected chi connectivity index (χ0v) is 19.3.